The fourth-order valence-corrected chi connectivity index (χ4v) is 3.55. The lowest BCUT2D eigenvalue weighted by atomic mass is 9.76. The van der Waals surface area contributed by atoms with E-state index in [1.54, 1.807) is 37.4 Å². The van der Waals surface area contributed by atoms with Crippen molar-refractivity contribution in [3.8, 4) is 6.07 Å². The summed E-state index contributed by atoms with van der Waals surface area (Å²) in [5.74, 6) is -0.535. The number of amides is 2. The minimum absolute atomic E-state index is 0.260. The van der Waals surface area contributed by atoms with E-state index in [2.05, 4.69) is 11.4 Å². The maximum atomic E-state index is 12.7. The molecule has 0 saturated heterocycles. The summed E-state index contributed by atoms with van der Waals surface area (Å²) < 4.78 is 0. The van der Waals surface area contributed by atoms with Crippen LogP contribution in [0.5, 0.6) is 0 Å². The molecular weight excluding hydrogens is 358 g/mol. The molecule has 0 aliphatic heterocycles. The second kappa shape index (κ2) is 6.87. The van der Waals surface area contributed by atoms with E-state index in [4.69, 9.17) is 11.6 Å². The fraction of sp³-hybridized carbons (Fsp3) is 0.278. The maximum Gasteiger partial charge on any atom is 0.265 e. The Balaban J connectivity index is 1.83. The average Bonchev–Trinajstić information content (AvgIpc) is 3.10. The zero-order valence-electron chi connectivity index (χ0n) is 13.6. The molecule has 1 aliphatic carbocycles. The van der Waals surface area contributed by atoms with Crippen LogP contribution in [-0.4, -0.2) is 29.3 Å². The molecule has 1 fully saturated rings. The van der Waals surface area contributed by atoms with Crippen LogP contribution in [0.3, 0.4) is 0 Å². The van der Waals surface area contributed by atoms with Crippen LogP contribution in [-0.2, 0) is 0 Å². The van der Waals surface area contributed by atoms with Gasteiger partial charge in [0.2, 0.25) is 0 Å². The smallest absolute Gasteiger partial charge is 0.265 e. The normalized spacial score (nSPS) is 14.9. The number of rotatable bonds is 4. The lowest BCUT2D eigenvalue weighted by Gasteiger charge is -2.42. The van der Waals surface area contributed by atoms with Gasteiger partial charge in [0.1, 0.15) is 5.54 Å². The summed E-state index contributed by atoms with van der Waals surface area (Å²) >= 11 is 7.48. The largest absolute Gasteiger partial charge is 0.323 e. The van der Waals surface area contributed by atoms with Gasteiger partial charge < -0.3 is 10.2 Å². The number of halogens is 1. The second-order valence-corrected chi connectivity index (χ2v) is 7.34. The summed E-state index contributed by atoms with van der Waals surface area (Å²) in [7, 11) is 1.64. The van der Waals surface area contributed by atoms with Crippen LogP contribution in [0.2, 0.25) is 5.02 Å². The lowest BCUT2D eigenvalue weighted by molar-refractivity contribution is 0.0497. The number of benzene rings is 1. The van der Waals surface area contributed by atoms with E-state index in [1.807, 2.05) is 5.38 Å². The van der Waals surface area contributed by atoms with Crippen LogP contribution in [0, 0.1) is 11.3 Å². The first-order valence-electron chi connectivity index (χ1n) is 7.81. The van der Waals surface area contributed by atoms with E-state index in [-0.39, 0.29) is 11.8 Å². The van der Waals surface area contributed by atoms with Crippen LogP contribution < -0.4 is 5.32 Å². The van der Waals surface area contributed by atoms with Crippen molar-refractivity contribution in [2.24, 2.45) is 0 Å². The summed E-state index contributed by atoms with van der Waals surface area (Å²) in [6.45, 7) is 0. The molecule has 5 nitrogen and oxygen atoms in total. The molecule has 1 N–H and O–H groups in total. The van der Waals surface area contributed by atoms with Crippen molar-refractivity contribution < 1.29 is 9.59 Å². The van der Waals surface area contributed by atoms with Crippen molar-refractivity contribution in [3.05, 3.63) is 51.2 Å². The van der Waals surface area contributed by atoms with Crippen LogP contribution in [0.4, 0.5) is 5.69 Å². The van der Waals surface area contributed by atoms with E-state index in [9.17, 15) is 14.9 Å². The minimum atomic E-state index is -0.725. The van der Waals surface area contributed by atoms with Gasteiger partial charge in [-0.25, -0.2) is 0 Å². The molecule has 1 heterocycles. The zero-order chi connectivity index (χ0) is 18.0. The molecule has 0 unspecified atom stereocenters. The number of thiophene rings is 1. The van der Waals surface area contributed by atoms with Crippen LogP contribution >= 0.6 is 22.9 Å². The van der Waals surface area contributed by atoms with Gasteiger partial charge in [-0.05, 0) is 48.9 Å². The highest BCUT2D eigenvalue weighted by Gasteiger charge is 2.43. The van der Waals surface area contributed by atoms with E-state index in [0.717, 1.165) is 6.42 Å². The predicted octanol–water partition coefficient (Wildman–Crippen LogP) is 4.17. The quantitative estimate of drug-likeness (QED) is 0.873. The van der Waals surface area contributed by atoms with Crippen LogP contribution in [0.15, 0.2) is 35.7 Å². The van der Waals surface area contributed by atoms with Gasteiger partial charge in [0.15, 0.2) is 0 Å². The van der Waals surface area contributed by atoms with Gasteiger partial charge in [0, 0.05) is 12.6 Å². The number of nitrogens with one attached hydrogen (secondary N) is 1. The average molecular weight is 374 g/mol. The summed E-state index contributed by atoms with van der Waals surface area (Å²) in [5, 5.41) is 14.3. The molecule has 7 heteroatoms. The third-order valence-electron chi connectivity index (χ3n) is 4.54. The third kappa shape index (κ3) is 3.26. The second-order valence-electron chi connectivity index (χ2n) is 5.99. The third-order valence-corrected chi connectivity index (χ3v) is 5.74. The Morgan fingerprint density at radius 1 is 1.36 bits per heavy atom. The predicted molar refractivity (Wildman–Crippen MR) is 98.0 cm³/mol. The Morgan fingerprint density at radius 3 is 2.68 bits per heavy atom. The Morgan fingerprint density at radius 2 is 2.12 bits per heavy atom. The lowest BCUT2D eigenvalue weighted by Crippen LogP contribution is -2.53. The summed E-state index contributed by atoms with van der Waals surface area (Å²) in [5.41, 5.74) is 0.0331. The first kappa shape index (κ1) is 17.5. The first-order chi connectivity index (χ1) is 12.0. The molecule has 1 aliphatic rings. The zero-order valence-corrected chi connectivity index (χ0v) is 15.2. The van der Waals surface area contributed by atoms with E-state index < -0.39 is 5.54 Å². The van der Waals surface area contributed by atoms with Crippen LogP contribution in [0.25, 0.3) is 0 Å². The number of nitriles is 1. The number of hydrogen-bond donors (Lipinski definition) is 1. The number of hydrogen-bond acceptors (Lipinski definition) is 4. The van der Waals surface area contributed by atoms with Gasteiger partial charge in [-0.2, -0.15) is 5.26 Å². The van der Waals surface area contributed by atoms with Crippen molar-refractivity contribution in [2.45, 2.75) is 24.8 Å². The van der Waals surface area contributed by atoms with Crippen molar-refractivity contribution >= 4 is 40.4 Å². The van der Waals surface area contributed by atoms with Crippen molar-refractivity contribution in [3.63, 3.8) is 0 Å². The molecular formula is C18H16ClN3O2S. The van der Waals surface area contributed by atoms with Crippen molar-refractivity contribution in [2.75, 3.05) is 12.4 Å². The molecule has 25 heavy (non-hydrogen) atoms. The molecule has 128 valence electrons. The number of nitrogens with zero attached hydrogens (tertiary/aromatic N) is 2. The molecule has 2 amide bonds. The maximum absolute atomic E-state index is 12.7. The molecule has 1 saturated carbocycles. The van der Waals surface area contributed by atoms with Gasteiger partial charge in [0.05, 0.1) is 21.7 Å². The molecule has 0 radical (unpaired) electrons. The van der Waals surface area contributed by atoms with Crippen LogP contribution in [0.1, 0.15) is 39.3 Å². The van der Waals surface area contributed by atoms with Crippen molar-refractivity contribution in [1.82, 2.24) is 4.90 Å². The Bertz CT molecular complexity index is 854. The number of carbonyl (C=O) groups is 2. The first-order valence-corrected chi connectivity index (χ1v) is 9.06. The van der Waals surface area contributed by atoms with Gasteiger partial charge >= 0.3 is 0 Å². The Labute approximate surface area is 154 Å². The Kier molecular flexibility index (Phi) is 4.80. The highest BCUT2D eigenvalue weighted by atomic mass is 35.5. The van der Waals surface area contributed by atoms with Gasteiger partial charge in [0.25, 0.3) is 11.8 Å². The summed E-state index contributed by atoms with van der Waals surface area (Å²) in [6.07, 6.45) is 2.30. The molecule has 3 rings (SSSR count). The highest BCUT2D eigenvalue weighted by Crippen LogP contribution is 2.37. The van der Waals surface area contributed by atoms with E-state index >= 15 is 0 Å². The van der Waals surface area contributed by atoms with Gasteiger partial charge in [-0.15, -0.1) is 11.3 Å². The molecule has 1 aromatic heterocycles. The molecule has 2 aromatic rings. The Hall–Kier alpha value is -2.36. The van der Waals surface area contributed by atoms with E-state index in [0.29, 0.717) is 34.0 Å². The molecule has 0 bridgehead atoms. The topological polar surface area (TPSA) is 73.2 Å². The SMILES string of the molecule is CN(C(=O)c1ccc(Cl)c(NC(=O)c2cccs2)c1)C1(C#N)CCC1. The van der Waals surface area contributed by atoms with Crippen molar-refractivity contribution in [1.29, 1.82) is 5.26 Å². The standard InChI is InChI=1S/C18H16ClN3O2S/c1-22(18(11-20)7-3-8-18)17(24)12-5-6-13(19)14(10-12)21-16(23)15-4-2-9-25-15/h2,4-6,9-10H,3,7-8H2,1H3,(H,21,23). The van der Waals surface area contributed by atoms with Gasteiger partial charge in [-0.3, -0.25) is 9.59 Å². The monoisotopic (exact) mass is 373 g/mol. The molecule has 0 atom stereocenters. The van der Waals surface area contributed by atoms with E-state index in [1.165, 1.54) is 16.2 Å². The molecule has 1 aromatic carbocycles. The fourth-order valence-electron chi connectivity index (χ4n) is 2.77. The van der Waals surface area contributed by atoms with Gasteiger partial charge in [-0.1, -0.05) is 17.7 Å². The number of carbonyl (C=O) groups excluding carboxylic acids is 2. The summed E-state index contributed by atoms with van der Waals surface area (Å²) in [4.78, 5) is 27.0. The number of anilines is 1. The molecule has 0 spiro atoms. The summed E-state index contributed by atoms with van der Waals surface area (Å²) in [6, 6.07) is 10.5. The minimum Gasteiger partial charge on any atom is -0.323 e. The highest BCUT2D eigenvalue weighted by molar-refractivity contribution is 7.12.